The van der Waals surface area contributed by atoms with Crippen LogP contribution in [0, 0.1) is 19.2 Å². The van der Waals surface area contributed by atoms with Crippen LogP contribution < -0.4 is 0 Å². The highest BCUT2D eigenvalue weighted by Crippen LogP contribution is 2.35. The van der Waals surface area contributed by atoms with Crippen LogP contribution in [0.15, 0.2) is 47.0 Å². The topological polar surface area (TPSA) is 38.9 Å². The lowest BCUT2D eigenvalue weighted by Gasteiger charge is -2.19. The van der Waals surface area contributed by atoms with E-state index in [0.29, 0.717) is 29.0 Å². The molecule has 0 atom stereocenters. The van der Waals surface area contributed by atoms with Crippen molar-refractivity contribution in [3.8, 4) is 11.3 Å². The van der Waals surface area contributed by atoms with Crippen molar-refractivity contribution in [3.63, 3.8) is 0 Å². The second-order valence-corrected chi connectivity index (χ2v) is 8.05. The van der Waals surface area contributed by atoms with Crippen molar-refractivity contribution in [3.05, 3.63) is 59.4 Å². The van der Waals surface area contributed by atoms with E-state index < -0.39 is 6.85 Å². The van der Waals surface area contributed by atoms with Crippen LogP contribution in [0.5, 0.6) is 0 Å². The van der Waals surface area contributed by atoms with Crippen LogP contribution in [0.25, 0.3) is 33.3 Å². The molecule has 26 heavy (non-hydrogen) atoms. The van der Waals surface area contributed by atoms with Crippen LogP contribution in [0.3, 0.4) is 0 Å². The van der Waals surface area contributed by atoms with Gasteiger partial charge in [-0.3, -0.25) is 4.98 Å². The maximum Gasteiger partial charge on any atom is 0.227 e. The zero-order valence-corrected chi connectivity index (χ0v) is 15.6. The zero-order chi connectivity index (χ0) is 21.0. The molecule has 0 aliphatic rings. The van der Waals surface area contributed by atoms with E-state index in [1.807, 2.05) is 37.3 Å². The maximum absolute atomic E-state index is 8.03. The molecule has 3 heterocycles. The summed E-state index contributed by atoms with van der Waals surface area (Å²) in [7, 11) is 0. The van der Waals surface area contributed by atoms with E-state index in [0.717, 1.165) is 27.6 Å². The molecule has 0 aliphatic carbocycles. The van der Waals surface area contributed by atoms with Crippen molar-refractivity contribution in [2.75, 3.05) is 0 Å². The van der Waals surface area contributed by atoms with E-state index in [2.05, 4.69) is 30.7 Å². The lowest BCUT2D eigenvalue weighted by Crippen LogP contribution is -2.10. The summed E-state index contributed by atoms with van der Waals surface area (Å²) in [5, 5.41) is 1.88. The predicted molar refractivity (Wildman–Crippen MR) is 107 cm³/mol. The summed E-state index contributed by atoms with van der Waals surface area (Å²) in [4.78, 5) is 9.10. The van der Waals surface area contributed by atoms with Crippen LogP contribution in [0.1, 0.15) is 41.7 Å². The lowest BCUT2D eigenvalue weighted by molar-refractivity contribution is 0.410. The van der Waals surface area contributed by atoms with Gasteiger partial charge in [-0.25, -0.2) is 4.98 Å². The molecule has 132 valence electrons. The Labute approximate surface area is 158 Å². The predicted octanol–water partition coefficient (Wildman–Crippen LogP) is 6.25. The second kappa shape index (κ2) is 5.94. The van der Waals surface area contributed by atoms with Gasteiger partial charge < -0.3 is 4.42 Å². The molecular formula is C23H24N2O. The highest BCUT2D eigenvalue weighted by Gasteiger charge is 2.16. The molecule has 0 saturated carbocycles. The molecule has 3 aromatic heterocycles. The van der Waals surface area contributed by atoms with Gasteiger partial charge in [0.2, 0.25) is 5.71 Å². The minimum atomic E-state index is -2.21. The quantitative estimate of drug-likeness (QED) is 0.430. The van der Waals surface area contributed by atoms with Crippen LogP contribution in [-0.2, 0) is 6.42 Å². The van der Waals surface area contributed by atoms with E-state index in [1.165, 1.54) is 0 Å². The zero-order valence-electron chi connectivity index (χ0n) is 18.6. The Kier molecular flexibility index (Phi) is 3.09. The first-order valence-electron chi connectivity index (χ1n) is 10.3. The molecule has 0 aliphatic heterocycles. The molecule has 0 saturated heterocycles. The molecule has 0 fully saturated rings. The van der Waals surface area contributed by atoms with Crippen LogP contribution >= 0.6 is 0 Å². The number of para-hydroxylation sites is 1. The molecule has 3 heteroatoms. The van der Waals surface area contributed by atoms with E-state index in [4.69, 9.17) is 8.53 Å². The second-order valence-electron chi connectivity index (χ2n) is 8.05. The monoisotopic (exact) mass is 347 g/mol. The summed E-state index contributed by atoms with van der Waals surface area (Å²) in [5.74, 6) is 0. The maximum atomic E-state index is 8.03. The Balaban J connectivity index is 1.93. The lowest BCUT2D eigenvalue weighted by atomic mass is 9.87. The smallest absolute Gasteiger partial charge is 0.227 e. The molecule has 3 nitrogen and oxygen atoms in total. The number of furan rings is 1. The number of rotatable bonds is 2. The summed E-state index contributed by atoms with van der Waals surface area (Å²) in [6, 6.07) is 11.5. The average Bonchev–Trinajstić information content (AvgIpc) is 2.97. The Hall–Kier alpha value is -2.68. The molecule has 4 aromatic rings. The Morgan fingerprint density at radius 1 is 1.12 bits per heavy atom. The van der Waals surface area contributed by atoms with Gasteiger partial charge in [0.15, 0.2) is 0 Å². The third-order valence-electron chi connectivity index (χ3n) is 4.49. The average molecular weight is 347 g/mol. The number of benzene rings is 1. The van der Waals surface area contributed by atoms with Crippen LogP contribution in [-0.4, -0.2) is 9.97 Å². The highest BCUT2D eigenvalue weighted by atomic mass is 16.3. The third kappa shape index (κ3) is 2.98. The number of hydrogen-bond donors (Lipinski definition) is 0. The molecule has 0 spiro atoms. The first kappa shape index (κ1) is 13.5. The molecular weight excluding hydrogens is 320 g/mol. The van der Waals surface area contributed by atoms with Crippen molar-refractivity contribution >= 4 is 22.1 Å². The molecule has 4 rings (SSSR count). The summed E-state index contributed by atoms with van der Waals surface area (Å²) >= 11 is 0. The normalized spacial score (nSPS) is 14.4. The summed E-state index contributed by atoms with van der Waals surface area (Å²) in [6.45, 7) is 5.99. The van der Waals surface area contributed by atoms with Crippen LogP contribution in [0.2, 0.25) is 0 Å². The van der Waals surface area contributed by atoms with Crippen molar-refractivity contribution in [1.29, 1.82) is 0 Å². The van der Waals surface area contributed by atoms with Gasteiger partial charge in [-0.15, -0.1) is 0 Å². The van der Waals surface area contributed by atoms with Gasteiger partial charge in [0.1, 0.15) is 5.58 Å². The van der Waals surface area contributed by atoms with Gasteiger partial charge >= 0.3 is 0 Å². The first-order valence-corrected chi connectivity index (χ1v) is 8.82. The minimum Gasteiger partial charge on any atom is -0.437 e. The Morgan fingerprint density at radius 2 is 1.96 bits per heavy atom. The fourth-order valence-electron chi connectivity index (χ4n) is 3.32. The molecule has 0 radical (unpaired) electrons. The molecule has 0 amide bonds. The highest BCUT2D eigenvalue weighted by molar-refractivity contribution is 6.08. The number of nitrogens with zero attached hydrogens (tertiary/aromatic N) is 2. The van der Waals surface area contributed by atoms with Gasteiger partial charge in [-0.05, 0) is 61.0 Å². The summed E-state index contributed by atoms with van der Waals surface area (Å²) < 4.78 is 30.1. The van der Waals surface area contributed by atoms with Crippen LogP contribution in [0.4, 0.5) is 0 Å². The van der Waals surface area contributed by atoms with Gasteiger partial charge in [0, 0.05) is 32.3 Å². The summed E-state index contributed by atoms with van der Waals surface area (Å²) in [5.41, 5.74) is 4.57. The fourth-order valence-corrected chi connectivity index (χ4v) is 3.32. The molecule has 1 aromatic carbocycles. The standard InChI is InChI=1S/C23H24N2O/c1-14-11-20(24-13-16(14)12-23(3,4)5)19-8-6-7-17-18-10-9-15(2)25-22(18)26-21(17)19/h6-11,13H,12H2,1-5H3/i1D3. The Bertz CT molecular complexity index is 1220. The number of aromatic nitrogens is 2. The van der Waals surface area contributed by atoms with E-state index in [1.54, 1.807) is 12.3 Å². The number of hydrogen-bond acceptors (Lipinski definition) is 3. The van der Waals surface area contributed by atoms with E-state index in [-0.39, 0.29) is 5.41 Å². The van der Waals surface area contributed by atoms with Crippen molar-refractivity contribution in [2.45, 2.75) is 41.0 Å². The summed E-state index contributed by atoms with van der Waals surface area (Å²) in [6.07, 6.45) is 2.35. The number of fused-ring (bicyclic) bond motifs is 3. The Morgan fingerprint density at radius 3 is 2.73 bits per heavy atom. The number of pyridine rings is 2. The fraction of sp³-hybridized carbons (Fsp3) is 0.304. The van der Waals surface area contributed by atoms with E-state index >= 15 is 0 Å². The van der Waals surface area contributed by atoms with Gasteiger partial charge in [0.25, 0.3) is 0 Å². The molecule has 0 unspecified atom stereocenters. The first-order chi connectivity index (χ1) is 13.5. The minimum absolute atomic E-state index is 0.0362. The molecule has 0 bridgehead atoms. The van der Waals surface area contributed by atoms with Gasteiger partial charge in [0.05, 0.1) is 5.69 Å². The SMILES string of the molecule is [2H]C([2H])([2H])c1cc(-c2cccc3c2oc2nc(C)ccc23)ncc1CC(C)(C)C. The van der Waals surface area contributed by atoms with E-state index in [9.17, 15) is 0 Å². The largest absolute Gasteiger partial charge is 0.437 e. The number of aryl methyl sites for hydroxylation is 2. The van der Waals surface area contributed by atoms with Gasteiger partial charge in [-0.2, -0.15) is 0 Å². The van der Waals surface area contributed by atoms with Crippen molar-refractivity contribution < 1.29 is 8.53 Å². The molecule has 0 N–H and O–H groups in total. The van der Waals surface area contributed by atoms with Crippen molar-refractivity contribution in [2.24, 2.45) is 5.41 Å². The van der Waals surface area contributed by atoms with Gasteiger partial charge in [-0.1, -0.05) is 32.9 Å². The third-order valence-corrected chi connectivity index (χ3v) is 4.49. The van der Waals surface area contributed by atoms with Crippen molar-refractivity contribution in [1.82, 2.24) is 9.97 Å².